The van der Waals surface area contributed by atoms with Crippen molar-refractivity contribution in [2.75, 3.05) is 19.5 Å². The number of carboxylic acid groups (broad SMARTS) is 1. The zero-order valence-corrected chi connectivity index (χ0v) is 8.83. The quantitative estimate of drug-likeness (QED) is 0.405. The molecule has 0 unspecified atom stereocenters. The van der Waals surface area contributed by atoms with Crippen molar-refractivity contribution in [1.82, 2.24) is 4.90 Å². The van der Waals surface area contributed by atoms with Crippen LogP contribution in [-0.2, 0) is 4.79 Å². The topological polar surface area (TPSA) is 40.5 Å². The van der Waals surface area contributed by atoms with Crippen molar-refractivity contribution in [3.63, 3.8) is 0 Å². The van der Waals surface area contributed by atoms with Crippen molar-refractivity contribution in [2.45, 2.75) is 6.42 Å². The van der Waals surface area contributed by atoms with E-state index in [1.165, 1.54) is 0 Å². The molecular weight excluding hydrogens is 186 g/mol. The summed E-state index contributed by atoms with van der Waals surface area (Å²) in [6.45, 7) is 7.29. The molecule has 0 radical (unpaired) electrons. The summed E-state index contributed by atoms with van der Waals surface area (Å²) in [5.74, 6) is -0.156. The van der Waals surface area contributed by atoms with E-state index in [1.807, 2.05) is 11.9 Å². The van der Waals surface area contributed by atoms with Crippen LogP contribution in [0.25, 0.3) is 0 Å². The lowest BCUT2D eigenvalue weighted by Gasteiger charge is -2.09. The summed E-state index contributed by atoms with van der Waals surface area (Å²) in [7, 11) is 1.83. The van der Waals surface area contributed by atoms with Gasteiger partial charge in [0.05, 0.1) is 6.42 Å². The Bertz CT molecular complexity index is 154. The van der Waals surface area contributed by atoms with Gasteiger partial charge in [0.15, 0.2) is 0 Å². The van der Waals surface area contributed by atoms with Gasteiger partial charge in [0.2, 0.25) is 0 Å². The predicted molar refractivity (Wildman–Crippen MR) is 59.1 cm³/mol. The van der Waals surface area contributed by atoms with Gasteiger partial charge in [0.25, 0.3) is 0 Å². The Balaban J connectivity index is 0. The molecule has 4 heteroatoms. The molecule has 0 aromatic heterocycles. The Morgan fingerprint density at radius 2 is 2.00 bits per heavy atom. The summed E-state index contributed by atoms with van der Waals surface area (Å²) < 4.78 is 0. The number of allylic oxidation sites excluding steroid dienone is 2. The third-order valence-electron chi connectivity index (χ3n) is 1.12. The summed E-state index contributed by atoms with van der Waals surface area (Å²) in [4.78, 5) is 11.8. The fraction of sp³-hybridized carbons (Fsp3) is 0.444. The highest BCUT2D eigenvalue weighted by Crippen LogP contribution is 1.87. The maximum Gasteiger partial charge on any atom is 0.304 e. The van der Waals surface area contributed by atoms with Crippen LogP contribution in [0.15, 0.2) is 25.3 Å². The number of aliphatic carboxylic acids is 1. The second-order valence-corrected chi connectivity index (χ2v) is 2.62. The van der Waals surface area contributed by atoms with Crippen LogP contribution in [0.1, 0.15) is 6.42 Å². The summed E-state index contributed by atoms with van der Waals surface area (Å²) in [6, 6.07) is 0. The van der Waals surface area contributed by atoms with Crippen LogP contribution in [0.2, 0.25) is 0 Å². The minimum atomic E-state index is -0.761. The molecule has 1 N–H and O–H groups in total. The SMILES string of the molecule is C=CC=C.CN(CS)CCC(=O)O. The van der Waals surface area contributed by atoms with Crippen molar-refractivity contribution >= 4 is 18.6 Å². The first-order chi connectivity index (χ1) is 6.08. The van der Waals surface area contributed by atoms with Crippen LogP contribution in [0, 0.1) is 0 Å². The number of carbonyl (C=O) groups is 1. The standard InChI is InChI=1S/C5H11NO2S.C4H6/c1-6(4-9)3-2-5(7)8;1-3-4-2/h9H,2-4H2,1H3,(H,7,8);3-4H,1-2H2. The van der Waals surface area contributed by atoms with E-state index < -0.39 is 5.97 Å². The Morgan fingerprint density at radius 3 is 2.23 bits per heavy atom. The molecule has 13 heavy (non-hydrogen) atoms. The minimum Gasteiger partial charge on any atom is -0.481 e. The fourth-order valence-corrected chi connectivity index (χ4v) is 0.499. The smallest absolute Gasteiger partial charge is 0.304 e. The highest BCUT2D eigenvalue weighted by Gasteiger charge is 1.98. The first kappa shape index (κ1) is 14.8. The Hall–Kier alpha value is -0.740. The predicted octanol–water partition coefficient (Wildman–Crippen LogP) is 1.64. The molecule has 76 valence electrons. The van der Waals surface area contributed by atoms with Gasteiger partial charge in [-0.05, 0) is 7.05 Å². The molecule has 0 fully saturated rings. The van der Waals surface area contributed by atoms with Gasteiger partial charge in [-0.1, -0.05) is 25.3 Å². The van der Waals surface area contributed by atoms with Crippen LogP contribution in [0.5, 0.6) is 0 Å². The van der Waals surface area contributed by atoms with E-state index in [1.54, 1.807) is 12.2 Å². The fourth-order valence-electron chi connectivity index (χ4n) is 0.357. The Morgan fingerprint density at radius 1 is 1.54 bits per heavy atom. The normalized spacial score (nSPS) is 8.54. The highest BCUT2D eigenvalue weighted by atomic mass is 32.1. The van der Waals surface area contributed by atoms with E-state index in [0.717, 1.165) is 0 Å². The van der Waals surface area contributed by atoms with Crippen LogP contribution in [0.3, 0.4) is 0 Å². The molecule has 0 saturated carbocycles. The van der Waals surface area contributed by atoms with Gasteiger partial charge in [0.1, 0.15) is 0 Å². The van der Waals surface area contributed by atoms with E-state index in [0.29, 0.717) is 12.4 Å². The van der Waals surface area contributed by atoms with Gasteiger partial charge in [-0.15, -0.1) is 0 Å². The second kappa shape index (κ2) is 11.3. The van der Waals surface area contributed by atoms with E-state index in [4.69, 9.17) is 5.11 Å². The molecule has 0 aromatic rings. The molecule has 0 atom stereocenters. The summed E-state index contributed by atoms with van der Waals surface area (Å²) >= 11 is 3.95. The Labute approximate surface area is 85.2 Å². The molecule has 0 heterocycles. The van der Waals surface area contributed by atoms with Gasteiger partial charge in [-0.2, -0.15) is 12.6 Å². The van der Waals surface area contributed by atoms with Gasteiger partial charge < -0.3 is 5.11 Å². The van der Waals surface area contributed by atoms with Gasteiger partial charge in [-0.25, -0.2) is 0 Å². The average molecular weight is 203 g/mol. The lowest BCUT2D eigenvalue weighted by Crippen LogP contribution is -2.19. The number of rotatable bonds is 5. The third-order valence-corrected chi connectivity index (χ3v) is 1.60. The third kappa shape index (κ3) is 18.3. The summed E-state index contributed by atoms with van der Waals surface area (Å²) in [5, 5.41) is 8.21. The average Bonchev–Trinajstić information content (AvgIpc) is 2.14. The molecule has 0 saturated heterocycles. The van der Waals surface area contributed by atoms with E-state index >= 15 is 0 Å². The van der Waals surface area contributed by atoms with Crippen molar-refractivity contribution in [3.05, 3.63) is 25.3 Å². The molecule has 0 spiro atoms. The Kier molecular flexibility index (Phi) is 12.8. The molecule has 0 amide bonds. The molecule has 3 nitrogen and oxygen atoms in total. The monoisotopic (exact) mass is 203 g/mol. The van der Waals surface area contributed by atoms with Crippen LogP contribution in [0.4, 0.5) is 0 Å². The van der Waals surface area contributed by atoms with Crippen molar-refractivity contribution in [2.24, 2.45) is 0 Å². The molecule has 0 bridgehead atoms. The maximum atomic E-state index is 9.97. The van der Waals surface area contributed by atoms with Crippen molar-refractivity contribution in [1.29, 1.82) is 0 Å². The lowest BCUT2D eigenvalue weighted by molar-refractivity contribution is -0.137. The molecular formula is C9H17NO2S. The lowest BCUT2D eigenvalue weighted by atomic mass is 10.4. The number of carboxylic acids is 1. The van der Waals surface area contributed by atoms with Crippen molar-refractivity contribution in [3.8, 4) is 0 Å². The first-order valence-corrected chi connectivity index (χ1v) is 4.46. The minimum absolute atomic E-state index is 0.192. The summed E-state index contributed by atoms with van der Waals surface area (Å²) in [6.07, 6.45) is 3.47. The number of hydrogen-bond donors (Lipinski definition) is 2. The van der Waals surface area contributed by atoms with Gasteiger partial charge >= 0.3 is 5.97 Å². The largest absolute Gasteiger partial charge is 0.481 e. The zero-order valence-electron chi connectivity index (χ0n) is 7.94. The molecule has 0 aliphatic carbocycles. The zero-order chi connectivity index (χ0) is 10.7. The first-order valence-electron chi connectivity index (χ1n) is 3.83. The van der Waals surface area contributed by atoms with Crippen molar-refractivity contribution < 1.29 is 9.90 Å². The number of thiol groups is 1. The second-order valence-electron chi connectivity index (χ2n) is 2.34. The maximum absolute atomic E-state index is 9.97. The van der Waals surface area contributed by atoms with E-state index in [-0.39, 0.29) is 6.42 Å². The van der Waals surface area contributed by atoms with Gasteiger partial charge in [0, 0.05) is 12.4 Å². The molecule has 0 aliphatic rings. The van der Waals surface area contributed by atoms with Crippen LogP contribution in [-0.4, -0.2) is 35.4 Å². The van der Waals surface area contributed by atoms with Crippen LogP contribution < -0.4 is 0 Å². The van der Waals surface area contributed by atoms with E-state index in [2.05, 4.69) is 25.8 Å². The van der Waals surface area contributed by atoms with E-state index in [9.17, 15) is 4.79 Å². The number of hydrogen-bond acceptors (Lipinski definition) is 3. The highest BCUT2D eigenvalue weighted by molar-refractivity contribution is 7.80. The summed E-state index contributed by atoms with van der Waals surface area (Å²) in [5.41, 5.74) is 0. The van der Waals surface area contributed by atoms with Crippen LogP contribution >= 0.6 is 12.6 Å². The molecule has 0 aromatic carbocycles. The molecule has 0 aliphatic heterocycles. The van der Waals surface area contributed by atoms with Gasteiger partial charge in [-0.3, -0.25) is 9.69 Å². The number of nitrogens with zero attached hydrogens (tertiary/aromatic N) is 1. The molecule has 0 rings (SSSR count).